The SMILES string of the molecule is CC(C)n1ncc(B(O)O)n1. The van der Waals surface area contributed by atoms with E-state index in [1.807, 2.05) is 13.8 Å². The number of rotatable bonds is 2. The van der Waals surface area contributed by atoms with Crippen molar-refractivity contribution in [2.45, 2.75) is 19.9 Å². The summed E-state index contributed by atoms with van der Waals surface area (Å²) in [5.74, 6) is 0. The zero-order valence-corrected chi connectivity index (χ0v) is 6.47. The van der Waals surface area contributed by atoms with Crippen molar-refractivity contribution in [3.8, 4) is 0 Å². The first-order valence-electron chi connectivity index (χ1n) is 3.39. The molecule has 1 aromatic heterocycles. The minimum absolute atomic E-state index is 0.141. The third kappa shape index (κ3) is 1.78. The summed E-state index contributed by atoms with van der Waals surface area (Å²) >= 11 is 0. The monoisotopic (exact) mass is 155 g/mol. The average molecular weight is 155 g/mol. The standard InChI is InChI=1S/C5H10BN3O2/c1-4(2)9-7-3-5(8-9)6(10)11/h3-4,10-11H,1-2H3. The van der Waals surface area contributed by atoms with Gasteiger partial charge in [0.15, 0.2) is 0 Å². The maximum Gasteiger partial charge on any atom is 0.511 e. The molecule has 0 fully saturated rings. The van der Waals surface area contributed by atoms with E-state index in [0.717, 1.165) is 0 Å². The second kappa shape index (κ2) is 3.02. The predicted octanol–water partition coefficient (Wildman–Crippen LogP) is -1.46. The van der Waals surface area contributed by atoms with Gasteiger partial charge < -0.3 is 10.0 Å². The van der Waals surface area contributed by atoms with Gasteiger partial charge in [0.2, 0.25) is 0 Å². The molecular formula is C5H10BN3O2. The highest BCUT2D eigenvalue weighted by molar-refractivity contribution is 6.57. The molecule has 0 spiro atoms. The van der Waals surface area contributed by atoms with E-state index >= 15 is 0 Å². The molecule has 0 aromatic carbocycles. The van der Waals surface area contributed by atoms with Gasteiger partial charge in [-0.2, -0.15) is 15.0 Å². The van der Waals surface area contributed by atoms with Crippen LogP contribution in [0.2, 0.25) is 0 Å². The molecule has 0 aliphatic rings. The minimum Gasteiger partial charge on any atom is -0.422 e. The molecule has 0 amide bonds. The number of nitrogens with zero attached hydrogens (tertiary/aromatic N) is 3. The molecule has 2 N–H and O–H groups in total. The van der Waals surface area contributed by atoms with E-state index in [0.29, 0.717) is 0 Å². The molecule has 0 atom stereocenters. The van der Waals surface area contributed by atoms with Crippen LogP contribution >= 0.6 is 0 Å². The Hall–Kier alpha value is -0.875. The molecule has 5 nitrogen and oxygen atoms in total. The molecule has 6 heteroatoms. The smallest absolute Gasteiger partial charge is 0.422 e. The van der Waals surface area contributed by atoms with Gasteiger partial charge in [-0.05, 0) is 13.8 Å². The van der Waals surface area contributed by atoms with Gasteiger partial charge in [0.05, 0.1) is 12.2 Å². The lowest BCUT2D eigenvalue weighted by Crippen LogP contribution is -2.31. The van der Waals surface area contributed by atoms with Gasteiger partial charge in [-0.1, -0.05) is 0 Å². The fourth-order valence-electron chi connectivity index (χ4n) is 0.655. The van der Waals surface area contributed by atoms with E-state index in [1.54, 1.807) is 0 Å². The predicted molar refractivity (Wildman–Crippen MR) is 40.2 cm³/mol. The topological polar surface area (TPSA) is 71.2 Å². The number of hydrogen-bond donors (Lipinski definition) is 2. The Morgan fingerprint density at radius 3 is 2.45 bits per heavy atom. The van der Waals surface area contributed by atoms with E-state index in [2.05, 4.69) is 10.2 Å². The van der Waals surface area contributed by atoms with Crippen LogP contribution in [0.15, 0.2) is 6.20 Å². The van der Waals surface area contributed by atoms with Crippen LogP contribution < -0.4 is 5.59 Å². The van der Waals surface area contributed by atoms with Gasteiger partial charge in [-0.25, -0.2) is 0 Å². The van der Waals surface area contributed by atoms with Gasteiger partial charge in [0, 0.05) is 0 Å². The molecule has 0 saturated heterocycles. The molecular weight excluding hydrogens is 145 g/mol. The Balaban J connectivity index is 2.82. The largest absolute Gasteiger partial charge is 0.511 e. The van der Waals surface area contributed by atoms with E-state index in [9.17, 15) is 0 Å². The highest BCUT2D eigenvalue weighted by atomic mass is 16.4. The summed E-state index contributed by atoms with van der Waals surface area (Å²) in [4.78, 5) is 1.43. The second-order valence-electron chi connectivity index (χ2n) is 2.56. The molecule has 1 rings (SSSR count). The lowest BCUT2D eigenvalue weighted by Gasteiger charge is -2.00. The molecule has 0 bridgehead atoms. The summed E-state index contributed by atoms with van der Waals surface area (Å²) in [7, 11) is -1.53. The van der Waals surface area contributed by atoms with Crippen molar-refractivity contribution >= 4 is 12.7 Å². The first kappa shape index (κ1) is 8.22. The third-order valence-corrected chi connectivity index (χ3v) is 1.25. The van der Waals surface area contributed by atoms with Gasteiger partial charge in [-0.15, -0.1) is 0 Å². The fourth-order valence-corrected chi connectivity index (χ4v) is 0.655. The Morgan fingerprint density at radius 2 is 2.18 bits per heavy atom. The van der Waals surface area contributed by atoms with Crippen LogP contribution in [0, 0.1) is 0 Å². The quantitative estimate of drug-likeness (QED) is 0.512. The maximum atomic E-state index is 8.66. The van der Waals surface area contributed by atoms with Crippen molar-refractivity contribution in [1.29, 1.82) is 0 Å². The first-order valence-corrected chi connectivity index (χ1v) is 3.39. The molecule has 1 heterocycles. The Kier molecular flexibility index (Phi) is 2.26. The van der Waals surface area contributed by atoms with Crippen molar-refractivity contribution < 1.29 is 10.0 Å². The zero-order valence-electron chi connectivity index (χ0n) is 6.47. The van der Waals surface area contributed by atoms with Crippen LogP contribution in [0.3, 0.4) is 0 Å². The molecule has 0 radical (unpaired) electrons. The van der Waals surface area contributed by atoms with Gasteiger partial charge >= 0.3 is 7.12 Å². The summed E-state index contributed by atoms with van der Waals surface area (Å²) in [6.07, 6.45) is 1.34. The van der Waals surface area contributed by atoms with Crippen molar-refractivity contribution in [3.05, 3.63) is 6.20 Å². The Bertz CT molecular complexity index is 213. The van der Waals surface area contributed by atoms with Crippen LogP contribution in [0.1, 0.15) is 19.9 Å². The van der Waals surface area contributed by atoms with Gasteiger partial charge in [-0.3, -0.25) is 0 Å². The van der Waals surface area contributed by atoms with E-state index in [1.165, 1.54) is 11.0 Å². The summed E-state index contributed by atoms with van der Waals surface area (Å²) in [5, 5.41) is 25.0. The summed E-state index contributed by atoms with van der Waals surface area (Å²) in [5.41, 5.74) is 0.179. The molecule has 0 unspecified atom stereocenters. The van der Waals surface area contributed by atoms with E-state index < -0.39 is 7.12 Å². The van der Waals surface area contributed by atoms with E-state index in [-0.39, 0.29) is 11.6 Å². The van der Waals surface area contributed by atoms with Crippen LogP contribution in [0.25, 0.3) is 0 Å². The van der Waals surface area contributed by atoms with Gasteiger partial charge in [0.1, 0.15) is 5.59 Å². The Labute approximate surface area is 64.8 Å². The number of hydrogen-bond acceptors (Lipinski definition) is 4. The number of aromatic nitrogens is 3. The molecule has 11 heavy (non-hydrogen) atoms. The zero-order chi connectivity index (χ0) is 8.43. The summed E-state index contributed by atoms with van der Waals surface area (Å²) in [6.45, 7) is 3.82. The van der Waals surface area contributed by atoms with Crippen LogP contribution in [0.5, 0.6) is 0 Å². The normalized spacial score (nSPS) is 10.6. The van der Waals surface area contributed by atoms with Crippen molar-refractivity contribution in [2.24, 2.45) is 0 Å². The molecule has 1 aromatic rings. The van der Waals surface area contributed by atoms with Crippen molar-refractivity contribution in [1.82, 2.24) is 15.0 Å². The lowest BCUT2D eigenvalue weighted by atomic mass is 9.87. The lowest BCUT2D eigenvalue weighted by molar-refractivity contribution is 0.420. The molecule has 0 saturated carbocycles. The van der Waals surface area contributed by atoms with E-state index in [4.69, 9.17) is 10.0 Å². The highest BCUT2D eigenvalue weighted by Crippen LogP contribution is 1.94. The second-order valence-corrected chi connectivity index (χ2v) is 2.56. The average Bonchev–Trinajstić information content (AvgIpc) is 2.33. The van der Waals surface area contributed by atoms with Gasteiger partial charge in [0.25, 0.3) is 0 Å². The Morgan fingerprint density at radius 1 is 1.55 bits per heavy atom. The summed E-state index contributed by atoms with van der Waals surface area (Å²) in [6, 6.07) is 0.141. The first-order chi connectivity index (χ1) is 5.11. The molecule has 60 valence electrons. The maximum absolute atomic E-state index is 8.66. The molecule has 0 aliphatic carbocycles. The van der Waals surface area contributed by atoms with Crippen LogP contribution in [-0.4, -0.2) is 32.2 Å². The summed E-state index contributed by atoms with van der Waals surface area (Å²) < 4.78 is 0. The minimum atomic E-state index is -1.53. The fraction of sp³-hybridized carbons (Fsp3) is 0.600. The van der Waals surface area contributed by atoms with Crippen molar-refractivity contribution in [2.75, 3.05) is 0 Å². The molecule has 0 aliphatic heterocycles. The van der Waals surface area contributed by atoms with Crippen LogP contribution in [-0.2, 0) is 0 Å². The third-order valence-electron chi connectivity index (χ3n) is 1.25. The van der Waals surface area contributed by atoms with Crippen molar-refractivity contribution in [3.63, 3.8) is 0 Å². The highest BCUT2D eigenvalue weighted by Gasteiger charge is 2.15. The van der Waals surface area contributed by atoms with Crippen LogP contribution in [0.4, 0.5) is 0 Å².